The van der Waals surface area contributed by atoms with Crippen LogP contribution in [-0.4, -0.2) is 84.7 Å². The minimum atomic E-state index is -1.90. The van der Waals surface area contributed by atoms with Crippen LogP contribution in [0.5, 0.6) is 0 Å². The van der Waals surface area contributed by atoms with Crippen molar-refractivity contribution < 1.29 is 19.8 Å². The quantitative estimate of drug-likeness (QED) is 0.0883. The maximum absolute atomic E-state index is 12.7. The van der Waals surface area contributed by atoms with E-state index >= 15 is 0 Å². The van der Waals surface area contributed by atoms with Crippen LogP contribution in [0.3, 0.4) is 0 Å². The molecule has 0 spiro atoms. The van der Waals surface area contributed by atoms with E-state index in [4.69, 9.17) is 9.97 Å². The lowest BCUT2D eigenvalue weighted by atomic mass is 9.91. The third-order valence-electron chi connectivity index (χ3n) is 9.37. The van der Waals surface area contributed by atoms with Gasteiger partial charge < -0.3 is 40.9 Å². The maximum Gasteiger partial charge on any atom is 0.319 e. The summed E-state index contributed by atoms with van der Waals surface area (Å²) in [5.74, 6) is 0.936. The molecule has 1 saturated carbocycles. The fourth-order valence-corrected chi connectivity index (χ4v) is 6.86. The third kappa shape index (κ3) is 7.04. The number of carbonyl (C=O) groups excluding carboxylic acids is 2. The van der Waals surface area contributed by atoms with Crippen LogP contribution in [0, 0.1) is 0 Å². The molecule has 2 aliphatic rings. The summed E-state index contributed by atoms with van der Waals surface area (Å²) < 4.78 is 1.71. The van der Waals surface area contributed by atoms with E-state index in [-0.39, 0.29) is 36.8 Å². The molecular formula is C35H39ClN10O4. The van der Waals surface area contributed by atoms with Crippen LogP contribution >= 0.6 is 12.4 Å². The number of anilines is 3. The minimum Gasteiger partial charge on any atom is -0.388 e. The number of carbonyl (C=O) groups is 2. The van der Waals surface area contributed by atoms with Crippen LogP contribution in [0.1, 0.15) is 42.3 Å². The molecule has 7 rings (SSSR count). The normalized spacial score (nSPS) is 21.5. The Bertz CT molecular complexity index is 1860. The van der Waals surface area contributed by atoms with E-state index in [0.717, 1.165) is 11.1 Å². The number of fused-ring (bicyclic) bond motifs is 1. The van der Waals surface area contributed by atoms with Crippen molar-refractivity contribution in [3.05, 3.63) is 103 Å². The first-order chi connectivity index (χ1) is 23.9. The van der Waals surface area contributed by atoms with Crippen LogP contribution < -0.4 is 26.2 Å². The highest BCUT2D eigenvalue weighted by atomic mass is 35.5. The number of amides is 3. The standard InChI is InChI=1S/C35H38N10O4.ClH/c46-22-39-35(49)28(13-14-29(35)47)45-21-38-30-31(37-19-27(23-8-3-1-4-9-23)24-10-5-2-6-11-24)42-33(43-32(30)45)44-17-15-26(20-44)41-34(48)40-25-12-7-16-36-18-25;/h1-12,16,18,21-22,26-29,47,49H,13-15,17,19-20H2,(H,39,46)(H,37,42,43)(H2,40,41,48);1H. The first-order valence-electron chi connectivity index (χ1n) is 16.4. The molecule has 4 atom stereocenters. The number of aromatic nitrogens is 5. The Kier molecular flexibility index (Phi) is 10.4. The van der Waals surface area contributed by atoms with Gasteiger partial charge in [0.1, 0.15) is 6.10 Å². The Morgan fingerprint density at radius 2 is 1.74 bits per heavy atom. The number of halogens is 1. The molecule has 0 bridgehead atoms. The number of hydrogen-bond acceptors (Lipinski definition) is 10. The number of benzene rings is 2. The minimum absolute atomic E-state index is 0. The fourth-order valence-electron chi connectivity index (χ4n) is 6.86. The van der Waals surface area contributed by atoms with Crippen LogP contribution in [0.2, 0.25) is 0 Å². The topological polar surface area (TPSA) is 182 Å². The second-order valence-electron chi connectivity index (χ2n) is 12.4. The highest BCUT2D eigenvalue weighted by Crippen LogP contribution is 2.40. The lowest BCUT2D eigenvalue weighted by Crippen LogP contribution is -2.55. The Hall–Kier alpha value is -5.31. The molecule has 2 fully saturated rings. The van der Waals surface area contributed by atoms with Gasteiger partial charge in [0.25, 0.3) is 0 Å². The van der Waals surface area contributed by atoms with Gasteiger partial charge in [-0.05, 0) is 42.5 Å². The van der Waals surface area contributed by atoms with E-state index in [9.17, 15) is 19.8 Å². The van der Waals surface area contributed by atoms with Crippen LogP contribution in [-0.2, 0) is 4.79 Å². The van der Waals surface area contributed by atoms with E-state index in [1.807, 2.05) is 41.3 Å². The number of nitrogens with one attached hydrogen (secondary N) is 4. The highest BCUT2D eigenvalue weighted by molar-refractivity contribution is 5.89. The van der Waals surface area contributed by atoms with Gasteiger partial charge in [0, 0.05) is 37.8 Å². The number of pyridine rings is 1. The molecule has 1 saturated heterocycles. The van der Waals surface area contributed by atoms with Crippen molar-refractivity contribution in [3.8, 4) is 0 Å². The zero-order chi connectivity index (χ0) is 33.8. The molecule has 4 heterocycles. The summed E-state index contributed by atoms with van der Waals surface area (Å²) in [6.45, 7) is 1.56. The van der Waals surface area contributed by atoms with Crippen molar-refractivity contribution in [2.24, 2.45) is 0 Å². The van der Waals surface area contributed by atoms with Gasteiger partial charge >= 0.3 is 6.03 Å². The second kappa shape index (κ2) is 15.1. The van der Waals surface area contributed by atoms with Gasteiger partial charge in [-0.2, -0.15) is 9.97 Å². The van der Waals surface area contributed by atoms with Crippen molar-refractivity contribution >= 4 is 53.5 Å². The fraction of sp³-hybridized carbons (Fsp3) is 0.314. The molecule has 3 aromatic heterocycles. The molecule has 1 aliphatic carbocycles. The predicted octanol–water partition coefficient (Wildman–Crippen LogP) is 3.42. The van der Waals surface area contributed by atoms with E-state index in [0.29, 0.717) is 67.5 Å². The number of rotatable bonds is 11. The summed E-state index contributed by atoms with van der Waals surface area (Å²) in [5, 5.41) is 33.9. The molecular weight excluding hydrogens is 660 g/mol. The van der Waals surface area contributed by atoms with Gasteiger partial charge in [-0.15, -0.1) is 12.4 Å². The number of nitrogens with zero attached hydrogens (tertiary/aromatic N) is 6. The van der Waals surface area contributed by atoms with E-state index in [1.165, 1.54) is 0 Å². The molecule has 50 heavy (non-hydrogen) atoms. The van der Waals surface area contributed by atoms with Crippen LogP contribution in [0.25, 0.3) is 11.2 Å². The number of urea groups is 1. The molecule has 2 aromatic carbocycles. The Balaban J connectivity index is 0.00000432. The average molecular weight is 699 g/mol. The molecule has 1 aliphatic heterocycles. The molecule has 15 heteroatoms. The Morgan fingerprint density at radius 3 is 2.42 bits per heavy atom. The molecule has 5 aromatic rings. The van der Waals surface area contributed by atoms with Crippen LogP contribution in [0.15, 0.2) is 91.5 Å². The third-order valence-corrected chi connectivity index (χ3v) is 9.37. The average Bonchev–Trinajstić information content (AvgIpc) is 3.84. The summed E-state index contributed by atoms with van der Waals surface area (Å²) >= 11 is 0. The monoisotopic (exact) mass is 698 g/mol. The van der Waals surface area contributed by atoms with E-state index in [2.05, 4.69) is 55.5 Å². The first kappa shape index (κ1) is 34.5. The largest absolute Gasteiger partial charge is 0.388 e. The molecule has 0 radical (unpaired) electrons. The molecule has 6 N–H and O–H groups in total. The van der Waals surface area contributed by atoms with Crippen molar-refractivity contribution in [1.82, 2.24) is 35.1 Å². The second-order valence-corrected chi connectivity index (χ2v) is 12.4. The van der Waals surface area contributed by atoms with Crippen molar-refractivity contribution in [2.75, 3.05) is 35.2 Å². The van der Waals surface area contributed by atoms with Gasteiger partial charge in [-0.1, -0.05) is 60.7 Å². The van der Waals surface area contributed by atoms with E-state index < -0.39 is 17.9 Å². The van der Waals surface area contributed by atoms with Crippen LogP contribution in [0.4, 0.5) is 22.2 Å². The lowest BCUT2D eigenvalue weighted by Gasteiger charge is -2.32. The smallest absolute Gasteiger partial charge is 0.319 e. The molecule has 4 unspecified atom stereocenters. The predicted molar refractivity (Wildman–Crippen MR) is 191 cm³/mol. The lowest BCUT2D eigenvalue weighted by molar-refractivity contribution is -0.131. The summed E-state index contributed by atoms with van der Waals surface area (Å²) in [5.41, 5.74) is 1.91. The highest BCUT2D eigenvalue weighted by Gasteiger charge is 2.50. The van der Waals surface area contributed by atoms with Gasteiger partial charge in [-0.3, -0.25) is 9.78 Å². The summed E-state index contributed by atoms with van der Waals surface area (Å²) in [6.07, 6.45) is 5.35. The summed E-state index contributed by atoms with van der Waals surface area (Å²) in [6, 6.07) is 22.8. The zero-order valence-corrected chi connectivity index (χ0v) is 27.9. The molecule has 14 nitrogen and oxygen atoms in total. The van der Waals surface area contributed by atoms with Gasteiger partial charge in [0.05, 0.1) is 24.3 Å². The van der Waals surface area contributed by atoms with E-state index in [1.54, 1.807) is 35.4 Å². The van der Waals surface area contributed by atoms with Crippen molar-refractivity contribution in [2.45, 2.75) is 49.1 Å². The number of hydrogen-bond donors (Lipinski definition) is 6. The molecule has 3 amide bonds. The van der Waals surface area contributed by atoms with Gasteiger partial charge in [-0.25, -0.2) is 9.78 Å². The Labute approximate surface area is 294 Å². The van der Waals surface area contributed by atoms with Gasteiger partial charge in [0.15, 0.2) is 22.7 Å². The maximum atomic E-state index is 12.7. The number of aliphatic hydroxyl groups excluding tert-OH is 1. The van der Waals surface area contributed by atoms with Gasteiger partial charge in [0.2, 0.25) is 12.4 Å². The van der Waals surface area contributed by atoms with Crippen molar-refractivity contribution in [1.29, 1.82) is 0 Å². The first-order valence-corrected chi connectivity index (χ1v) is 16.4. The zero-order valence-electron chi connectivity index (χ0n) is 27.1. The molecule has 260 valence electrons. The number of imidazole rings is 1. The summed E-state index contributed by atoms with van der Waals surface area (Å²) in [7, 11) is 0. The number of aliphatic hydroxyl groups is 2. The van der Waals surface area contributed by atoms with Crippen molar-refractivity contribution in [3.63, 3.8) is 0 Å². The Morgan fingerprint density at radius 1 is 1.00 bits per heavy atom. The summed E-state index contributed by atoms with van der Waals surface area (Å²) in [4.78, 5) is 44.8. The SMILES string of the molecule is Cl.O=CNC1(O)C(O)CCC1n1cnc2c(NCC(c3ccccc3)c3ccccc3)nc(N3CCC(NC(=O)Nc4cccnc4)C3)nc21.